The maximum absolute atomic E-state index is 12.4. The number of rotatable bonds is 7. The van der Waals surface area contributed by atoms with Gasteiger partial charge in [0.25, 0.3) is 0 Å². The lowest BCUT2D eigenvalue weighted by molar-refractivity contribution is -0.113. The molecule has 3 N–H and O–H groups in total. The highest BCUT2D eigenvalue weighted by Crippen LogP contribution is 2.35. The van der Waals surface area contributed by atoms with Gasteiger partial charge in [0.15, 0.2) is 0 Å². The molecule has 3 aromatic rings. The number of fused-ring (bicyclic) bond motifs is 2. The molecule has 0 aromatic heterocycles. The average molecular weight is 464 g/mol. The number of hydrogen-bond acceptors (Lipinski definition) is 6. The maximum Gasteiger partial charge on any atom is 0.414 e. The van der Waals surface area contributed by atoms with Gasteiger partial charge in [-0.25, -0.2) is 4.79 Å². The van der Waals surface area contributed by atoms with Gasteiger partial charge in [0, 0.05) is 22.7 Å². The molecule has 0 aliphatic carbocycles. The monoisotopic (exact) mass is 463 g/mol. The van der Waals surface area contributed by atoms with Crippen LogP contribution in [0.4, 0.5) is 16.2 Å². The van der Waals surface area contributed by atoms with Gasteiger partial charge in [-0.2, -0.15) is 0 Å². The molecule has 7 nitrogen and oxygen atoms in total. The van der Waals surface area contributed by atoms with Crippen molar-refractivity contribution in [1.29, 1.82) is 0 Å². The van der Waals surface area contributed by atoms with Gasteiger partial charge in [0.05, 0.1) is 18.0 Å². The number of phenolic OH excluding ortho intramolecular Hbond substituents is 1. The van der Waals surface area contributed by atoms with E-state index < -0.39 is 0 Å². The molecule has 2 aliphatic rings. The Labute approximate surface area is 196 Å². The summed E-state index contributed by atoms with van der Waals surface area (Å²) < 4.78 is 5.56. The lowest BCUT2D eigenvalue weighted by Gasteiger charge is -2.20. The van der Waals surface area contributed by atoms with Crippen molar-refractivity contribution in [3.8, 4) is 5.75 Å². The van der Waals surface area contributed by atoms with Crippen molar-refractivity contribution < 1.29 is 19.4 Å². The van der Waals surface area contributed by atoms with Crippen molar-refractivity contribution >= 4 is 45.9 Å². The van der Waals surface area contributed by atoms with Crippen LogP contribution in [-0.2, 0) is 16.1 Å². The van der Waals surface area contributed by atoms with E-state index in [9.17, 15) is 14.7 Å². The van der Waals surface area contributed by atoms with E-state index in [4.69, 9.17) is 4.74 Å². The normalized spacial score (nSPS) is 17.7. The van der Waals surface area contributed by atoms with Crippen LogP contribution >= 0.6 is 11.8 Å². The van der Waals surface area contributed by atoms with Crippen LogP contribution < -0.4 is 15.5 Å². The molecule has 33 heavy (non-hydrogen) atoms. The van der Waals surface area contributed by atoms with Crippen molar-refractivity contribution in [3.05, 3.63) is 60.2 Å². The van der Waals surface area contributed by atoms with Crippen LogP contribution in [-0.4, -0.2) is 42.1 Å². The van der Waals surface area contributed by atoms with Gasteiger partial charge < -0.3 is 20.5 Å². The molecule has 0 saturated carbocycles. The zero-order valence-electron chi connectivity index (χ0n) is 18.0. The first-order valence-corrected chi connectivity index (χ1v) is 12.0. The fourth-order valence-electron chi connectivity index (χ4n) is 4.30. The van der Waals surface area contributed by atoms with Crippen LogP contribution in [0, 0.1) is 0 Å². The predicted octanol–water partition coefficient (Wildman–Crippen LogP) is 4.48. The first-order chi connectivity index (χ1) is 16.1. The van der Waals surface area contributed by atoms with E-state index in [-0.39, 0.29) is 18.1 Å². The number of thioether (sulfide) groups is 1. The predicted molar refractivity (Wildman–Crippen MR) is 130 cm³/mol. The molecule has 1 atom stereocenters. The molecule has 5 rings (SSSR count). The molecule has 1 fully saturated rings. The number of cyclic esters (lactones) is 1. The molecule has 2 heterocycles. The Morgan fingerprint density at radius 1 is 1.15 bits per heavy atom. The summed E-state index contributed by atoms with van der Waals surface area (Å²) in [7, 11) is 0. The third kappa shape index (κ3) is 4.62. The summed E-state index contributed by atoms with van der Waals surface area (Å²) in [4.78, 5) is 26.7. The second-order valence-electron chi connectivity index (χ2n) is 8.24. The minimum absolute atomic E-state index is 0.0316. The van der Waals surface area contributed by atoms with E-state index in [0.717, 1.165) is 52.0 Å². The lowest BCUT2D eigenvalue weighted by Crippen LogP contribution is -2.25. The summed E-state index contributed by atoms with van der Waals surface area (Å²) in [5.74, 6) is 0.672. The molecule has 1 unspecified atom stereocenters. The van der Waals surface area contributed by atoms with Crippen LogP contribution in [0.3, 0.4) is 0 Å². The molecular weight excluding hydrogens is 438 g/mol. The Bertz CT molecular complexity index is 1220. The molecule has 170 valence electrons. The number of phenols is 1. The summed E-state index contributed by atoms with van der Waals surface area (Å²) in [6.07, 6.45) is 1.05. The largest absolute Gasteiger partial charge is 0.508 e. The van der Waals surface area contributed by atoms with Crippen LogP contribution in [0.1, 0.15) is 18.4 Å². The summed E-state index contributed by atoms with van der Waals surface area (Å²) in [6.45, 7) is 1.81. The third-order valence-electron chi connectivity index (χ3n) is 5.98. The van der Waals surface area contributed by atoms with Crippen molar-refractivity contribution in [2.24, 2.45) is 0 Å². The second kappa shape index (κ2) is 9.33. The van der Waals surface area contributed by atoms with Gasteiger partial charge in [-0.05, 0) is 54.4 Å². The lowest BCUT2D eigenvalue weighted by atomic mass is 10.0. The number of nitrogens with one attached hydrogen (secondary N) is 2. The topological polar surface area (TPSA) is 90.9 Å². The summed E-state index contributed by atoms with van der Waals surface area (Å²) in [5, 5.41) is 18.7. The van der Waals surface area contributed by atoms with Crippen LogP contribution in [0.25, 0.3) is 10.8 Å². The Hall–Kier alpha value is -3.23. The van der Waals surface area contributed by atoms with Crippen LogP contribution in [0.15, 0.2) is 59.5 Å². The van der Waals surface area contributed by atoms with Crippen LogP contribution in [0.5, 0.6) is 5.75 Å². The average Bonchev–Trinajstić information content (AvgIpc) is 3.20. The number of benzene rings is 3. The molecule has 2 aliphatic heterocycles. The number of hydrogen-bond donors (Lipinski definition) is 3. The fourth-order valence-corrected chi connectivity index (χ4v) is 5.09. The van der Waals surface area contributed by atoms with Gasteiger partial charge in [-0.3, -0.25) is 9.69 Å². The smallest absolute Gasteiger partial charge is 0.414 e. The van der Waals surface area contributed by atoms with Crippen molar-refractivity contribution in [1.82, 2.24) is 5.32 Å². The maximum atomic E-state index is 12.4. The summed E-state index contributed by atoms with van der Waals surface area (Å²) >= 11 is 1.50. The summed E-state index contributed by atoms with van der Waals surface area (Å²) in [6, 6.07) is 17.3. The van der Waals surface area contributed by atoms with Crippen molar-refractivity contribution in [3.63, 3.8) is 0 Å². The highest BCUT2D eigenvalue weighted by Gasteiger charge is 2.32. The van der Waals surface area contributed by atoms with Crippen LogP contribution in [0.2, 0.25) is 0 Å². The first kappa shape index (κ1) is 21.6. The Balaban J connectivity index is 1.13. The number of anilines is 2. The zero-order chi connectivity index (χ0) is 22.8. The minimum atomic E-state index is -0.358. The van der Waals surface area contributed by atoms with Gasteiger partial charge in [-0.15, -0.1) is 11.8 Å². The van der Waals surface area contributed by atoms with E-state index in [1.165, 1.54) is 11.8 Å². The van der Waals surface area contributed by atoms with Crippen molar-refractivity contribution in [2.45, 2.75) is 30.4 Å². The molecule has 0 bridgehead atoms. The number of aromatic hydroxyl groups is 1. The molecule has 0 radical (unpaired) electrons. The fraction of sp³-hybridized carbons (Fsp3) is 0.280. The summed E-state index contributed by atoms with van der Waals surface area (Å²) in [5.41, 5.74) is 2.36. The number of ether oxygens (including phenoxy) is 1. The molecule has 0 spiro atoms. The minimum Gasteiger partial charge on any atom is -0.508 e. The molecule has 1 saturated heterocycles. The zero-order valence-corrected chi connectivity index (χ0v) is 18.9. The molecule has 3 aromatic carbocycles. The second-order valence-corrected chi connectivity index (χ2v) is 9.25. The highest BCUT2D eigenvalue weighted by molar-refractivity contribution is 8.00. The quantitative estimate of drug-likeness (QED) is 0.448. The van der Waals surface area contributed by atoms with E-state index in [2.05, 4.69) is 10.6 Å². The van der Waals surface area contributed by atoms with E-state index in [1.54, 1.807) is 11.0 Å². The highest BCUT2D eigenvalue weighted by atomic mass is 32.2. The molecule has 2 amide bonds. The van der Waals surface area contributed by atoms with Gasteiger partial charge in [0.1, 0.15) is 11.9 Å². The molecular formula is C25H25N3O4S. The first-order valence-electron chi connectivity index (χ1n) is 11.0. The number of carbonyl (C=O) groups is 2. The van der Waals surface area contributed by atoms with Gasteiger partial charge >= 0.3 is 6.09 Å². The Morgan fingerprint density at radius 3 is 2.94 bits per heavy atom. The van der Waals surface area contributed by atoms with E-state index in [1.807, 2.05) is 48.5 Å². The molecule has 8 heteroatoms. The van der Waals surface area contributed by atoms with Gasteiger partial charge in [0.2, 0.25) is 5.91 Å². The number of carbonyl (C=O) groups excluding carboxylic acids is 2. The Morgan fingerprint density at radius 2 is 2.03 bits per heavy atom. The number of nitrogens with zero attached hydrogens (tertiary/aromatic N) is 1. The Kier molecular flexibility index (Phi) is 6.11. The third-order valence-corrected chi connectivity index (χ3v) is 7.05. The SMILES string of the molecule is O=C1CSc2ccc(N3CC(CCCNCc4c(O)ccc5ccccc45)OC3=O)cc2N1. The van der Waals surface area contributed by atoms with Crippen molar-refractivity contribution in [2.75, 3.05) is 29.1 Å². The van der Waals surface area contributed by atoms with Gasteiger partial charge in [-0.1, -0.05) is 30.3 Å². The van der Waals surface area contributed by atoms with E-state index >= 15 is 0 Å². The van der Waals surface area contributed by atoms with E-state index in [0.29, 0.717) is 24.6 Å². The standard InChI is InChI=1S/C25H25N3O4S/c29-22-9-7-16-4-1-2-6-19(16)20(22)13-26-11-3-5-18-14-28(25(31)32-18)17-8-10-23-21(12-17)27-24(30)15-33-23/h1-2,4,6-10,12,18,26,29H,3,5,11,13-15H2,(H,27,30). The number of amides is 2.